The average molecular weight is 536 g/mol. The topological polar surface area (TPSA) is 102 Å². The Morgan fingerprint density at radius 2 is 1.82 bits per heavy atom. The summed E-state index contributed by atoms with van der Waals surface area (Å²) in [5, 5.41) is 10.8. The van der Waals surface area contributed by atoms with Gasteiger partial charge in [0.1, 0.15) is 11.6 Å². The molecule has 0 saturated heterocycles. The van der Waals surface area contributed by atoms with Crippen LogP contribution >= 0.6 is 0 Å². The van der Waals surface area contributed by atoms with E-state index >= 15 is 0 Å². The molecule has 0 bridgehead atoms. The highest BCUT2D eigenvalue weighted by Crippen LogP contribution is 2.30. The van der Waals surface area contributed by atoms with E-state index in [1.165, 1.54) is 28.8 Å². The molecular weight excluding hydrogens is 505 g/mol. The van der Waals surface area contributed by atoms with Crippen LogP contribution in [0.2, 0.25) is 0 Å². The molecule has 2 aromatic heterocycles. The molecule has 1 atom stereocenters. The Balaban J connectivity index is 1.87. The van der Waals surface area contributed by atoms with E-state index in [0.29, 0.717) is 24.8 Å². The van der Waals surface area contributed by atoms with Crippen LogP contribution in [-0.4, -0.2) is 28.1 Å². The van der Waals surface area contributed by atoms with Gasteiger partial charge in [-0.3, -0.25) is 14.3 Å². The lowest BCUT2D eigenvalue weighted by Gasteiger charge is -2.23. The zero-order valence-electron chi connectivity index (χ0n) is 21.6. The quantitative estimate of drug-likeness (QED) is 0.298. The van der Waals surface area contributed by atoms with Gasteiger partial charge in [0, 0.05) is 18.8 Å². The number of aryl methyl sites for hydroxylation is 2. The summed E-state index contributed by atoms with van der Waals surface area (Å²) in [6.45, 7) is 5.70. The molecule has 7 nitrogen and oxygen atoms in total. The number of hydrogen-bond donors (Lipinski definition) is 1. The molecule has 38 heavy (non-hydrogen) atoms. The molecule has 2 aromatic carbocycles. The first-order valence-electron chi connectivity index (χ1n) is 12.5. The largest absolute Gasteiger partial charge is 0.492 e. The van der Waals surface area contributed by atoms with Crippen LogP contribution in [0, 0.1) is 12.7 Å². The van der Waals surface area contributed by atoms with E-state index in [2.05, 4.69) is 9.97 Å². The summed E-state index contributed by atoms with van der Waals surface area (Å²) in [5.41, 5.74) is 2.25. The fourth-order valence-electron chi connectivity index (χ4n) is 4.63. The molecule has 0 aliphatic carbocycles. The summed E-state index contributed by atoms with van der Waals surface area (Å²) < 4.78 is 42.7. The third kappa shape index (κ3) is 5.24. The van der Waals surface area contributed by atoms with Gasteiger partial charge in [-0.05, 0) is 72.4 Å². The fourth-order valence-corrected chi connectivity index (χ4v) is 5.97. The van der Waals surface area contributed by atoms with Gasteiger partial charge in [-0.1, -0.05) is 44.5 Å². The molecule has 0 radical (unpaired) electrons. The van der Waals surface area contributed by atoms with Crippen LogP contribution in [0.25, 0.3) is 11.1 Å². The van der Waals surface area contributed by atoms with Crippen LogP contribution in [0.1, 0.15) is 56.1 Å². The smallest absolute Gasteiger partial charge is 0.277 e. The maximum Gasteiger partial charge on any atom is 0.277 e. The number of pyridine rings is 1. The van der Waals surface area contributed by atoms with Gasteiger partial charge < -0.3 is 5.11 Å². The monoisotopic (exact) mass is 535 g/mol. The Morgan fingerprint density at radius 1 is 1.08 bits per heavy atom. The highest BCUT2D eigenvalue weighted by atomic mass is 32.2. The Morgan fingerprint density at radius 3 is 2.45 bits per heavy atom. The normalized spacial score (nSPS) is 12.4. The minimum Gasteiger partial charge on any atom is -0.492 e. The van der Waals surface area contributed by atoms with Gasteiger partial charge >= 0.3 is 0 Å². The standard InChI is InChI=1S/C29H30FN3O4S/c1-4-6-10-26-32-28(34)27(29(35)33(26)25(5-2)21-8-7-9-22(30)17-21)38(36,37)23-13-11-20(12-14-23)24-15-16-31-18-19(24)3/h7-9,11-18,25,34H,4-6,10H2,1-3H3/t25-/m0/s1. The third-order valence-electron chi connectivity index (χ3n) is 6.58. The summed E-state index contributed by atoms with van der Waals surface area (Å²) in [5.74, 6) is -1.04. The second-order valence-corrected chi connectivity index (χ2v) is 11.0. The number of nitrogens with zero attached hydrogens (tertiary/aromatic N) is 3. The number of rotatable bonds is 9. The Labute approximate surface area is 221 Å². The van der Waals surface area contributed by atoms with Crippen molar-refractivity contribution in [3.8, 4) is 17.0 Å². The highest BCUT2D eigenvalue weighted by Gasteiger charge is 2.31. The van der Waals surface area contributed by atoms with Gasteiger partial charge in [-0.2, -0.15) is 4.98 Å². The lowest BCUT2D eigenvalue weighted by Crippen LogP contribution is -2.33. The van der Waals surface area contributed by atoms with E-state index in [0.717, 1.165) is 23.1 Å². The number of sulfone groups is 1. The summed E-state index contributed by atoms with van der Waals surface area (Å²) in [6, 6.07) is 13.1. The molecule has 2 heterocycles. The Bertz CT molecular complexity index is 1620. The molecule has 1 N–H and O–H groups in total. The maximum absolute atomic E-state index is 14.1. The lowest BCUT2D eigenvalue weighted by atomic mass is 10.0. The summed E-state index contributed by atoms with van der Waals surface area (Å²) in [6.07, 6.45) is 5.58. The van der Waals surface area contributed by atoms with E-state index in [1.54, 1.807) is 36.7 Å². The van der Waals surface area contributed by atoms with Crippen molar-refractivity contribution in [1.29, 1.82) is 0 Å². The molecule has 4 rings (SSSR count). The van der Waals surface area contributed by atoms with Gasteiger partial charge in [0.15, 0.2) is 4.90 Å². The number of benzene rings is 2. The first-order chi connectivity index (χ1) is 18.2. The second-order valence-electron chi connectivity index (χ2n) is 9.16. The predicted molar refractivity (Wildman–Crippen MR) is 143 cm³/mol. The van der Waals surface area contributed by atoms with E-state index in [4.69, 9.17) is 0 Å². The van der Waals surface area contributed by atoms with Crippen molar-refractivity contribution >= 4 is 9.84 Å². The van der Waals surface area contributed by atoms with Crippen molar-refractivity contribution in [3.05, 3.63) is 100 Å². The van der Waals surface area contributed by atoms with Crippen LogP contribution in [-0.2, 0) is 16.3 Å². The zero-order valence-corrected chi connectivity index (χ0v) is 22.4. The van der Waals surface area contributed by atoms with Gasteiger partial charge in [0.05, 0.1) is 10.9 Å². The van der Waals surface area contributed by atoms with Crippen molar-refractivity contribution in [2.24, 2.45) is 0 Å². The molecule has 9 heteroatoms. The van der Waals surface area contributed by atoms with Crippen LogP contribution in [0.3, 0.4) is 0 Å². The summed E-state index contributed by atoms with van der Waals surface area (Å²) >= 11 is 0. The summed E-state index contributed by atoms with van der Waals surface area (Å²) in [4.78, 5) is 21.2. The minimum absolute atomic E-state index is 0.145. The van der Waals surface area contributed by atoms with Crippen LogP contribution in [0.5, 0.6) is 5.88 Å². The van der Waals surface area contributed by atoms with E-state index in [1.807, 2.05) is 26.8 Å². The number of aromatic nitrogens is 3. The molecule has 0 fully saturated rings. The molecule has 0 amide bonds. The van der Waals surface area contributed by atoms with Gasteiger partial charge in [0.25, 0.3) is 5.56 Å². The molecule has 0 aliphatic heterocycles. The molecule has 0 unspecified atom stereocenters. The number of unbranched alkanes of at least 4 members (excludes halogenated alkanes) is 1. The number of aromatic hydroxyl groups is 1. The summed E-state index contributed by atoms with van der Waals surface area (Å²) in [7, 11) is -4.43. The number of halogens is 1. The fraction of sp³-hybridized carbons (Fsp3) is 0.276. The van der Waals surface area contributed by atoms with Crippen molar-refractivity contribution in [2.75, 3.05) is 0 Å². The lowest BCUT2D eigenvalue weighted by molar-refractivity contribution is 0.406. The van der Waals surface area contributed by atoms with Gasteiger partial charge in [-0.25, -0.2) is 12.8 Å². The molecule has 198 valence electrons. The highest BCUT2D eigenvalue weighted by molar-refractivity contribution is 7.91. The molecule has 0 saturated carbocycles. The van der Waals surface area contributed by atoms with Crippen molar-refractivity contribution < 1.29 is 17.9 Å². The molecule has 0 spiro atoms. The molecule has 0 aliphatic rings. The third-order valence-corrected chi connectivity index (χ3v) is 8.37. The second kappa shape index (κ2) is 11.3. The predicted octanol–water partition coefficient (Wildman–Crippen LogP) is 5.63. The van der Waals surface area contributed by atoms with Crippen LogP contribution in [0.4, 0.5) is 4.39 Å². The van der Waals surface area contributed by atoms with E-state index in [-0.39, 0.29) is 10.7 Å². The molecular formula is C29H30FN3O4S. The molecule has 4 aromatic rings. The minimum atomic E-state index is -4.43. The SMILES string of the molecule is CCCCc1nc(O)c(S(=O)(=O)c2ccc(-c3ccncc3C)cc2)c(=O)n1[C@@H](CC)c1cccc(F)c1. The number of hydrogen-bond acceptors (Lipinski definition) is 6. The zero-order chi connectivity index (χ0) is 27.4. The van der Waals surface area contributed by atoms with E-state index in [9.17, 15) is 22.7 Å². The van der Waals surface area contributed by atoms with Gasteiger partial charge in [-0.15, -0.1) is 0 Å². The van der Waals surface area contributed by atoms with E-state index < -0.39 is 38.0 Å². The first-order valence-corrected chi connectivity index (χ1v) is 14.0. The Hall–Kier alpha value is -3.85. The first kappa shape index (κ1) is 27.2. The van der Waals surface area contributed by atoms with Crippen LogP contribution < -0.4 is 5.56 Å². The Kier molecular flexibility index (Phi) is 8.06. The van der Waals surface area contributed by atoms with Crippen molar-refractivity contribution in [2.45, 2.75) is 62.3 Å². The average Bonchev–Trinajstić information content (AvgIpc) is 2.89. The maximum atomic E-state index is 14.1. The van der Waals surface area contributed by atoms with Gasteiger partial charge in [0.2, 0.25) is 15.7 Å². The van der Waals surface area contributed by atoms with Crippen LogP contribution in [0.15, 0.2) is 81.6 Å². The van der Waals surface area contributed by atoms with Crippen molar-refractivity contribution in [1.82, 2.24) is 14.5 Å². The van der Waals surface area contributed by atoms with Crippen molar-refractivity contribution in [3.63, 3.8) is 0 Å².